The van der Waals surface area contributed by atoms with Crippen molar-refractivity contribution >= 4 is 75.1 Å². The Bertz CT molecular complexity index is 3840. The van der Waals surface area contributed by atoms with Gasteiger partial charge in [-0.05, 0) is 95.1 Å². The highest BCUT2D eigenvalue weighted by Crippen LogP contribution is 2.40. The number of fused-ring (bicyclic) bond motifs is 9. The van der Waals surface area contributed by atoms with Crippen LogP contribution < -0.4 is 0 Å². The predicted molar refractivity (Wildman–Crippen MR) is 265 cm³/mol. The predicted octanol–water partition coefficient (Wildman–Crippen LogP) is 15.7. The molecule has 0 N–H and O–H groups in total. The van der Waals surface area contributed by atoms with Crippen LogP contribution in [0, 0.1) is 0 Å². The number of hydrogen-bond donors (Lipinski definition) is 0. The third kappa shape index (κ3) is 5.82. The van der Waals surface area contributed by atoms with Crippen LogP contribution in [0.25, 0.3) is 120 Å². The molecule has 4 aromatic heterocycles. The van der Waals surface area contributed by atoms with E-state index in [1.54, 1.807) is 0 Å². The number of rotatable bonds is 6. The number of thiophene rings is 1. The summed E-state index contributed by atoms with van der Waals surface area (Å²) in [5.74, 6) is 0.647. The van der Waals surface area contributed by atoms with E-state index in [1.807, 2.05) is 23.5 Å². The van der Waals surface area contributed by atoms with E-state index in [2.05, 4.69) is 215 Å². The molecule has 0 aliphatic heterocycles. The average Bonchev–Trinajstić information content (AvgIpc) is 4.01. The van der Waals surface area contributed by atoms with Crippen molar-refractivity contribution in [1.29, 1.82) is 0 Å². The second-order valence-electron chi connectivity index (χ2n) is 16.2. The van der Waals surface area contributed by atoms with Gasteiger partial charge < -0.3 is 4.57 Å². The molecule has 0 radical (unpaired) electrons. The molecule has 0 aliphatic rings. The Kier molecular flexibility index (Phi) is 8.05. The molecule has 13 rings (SSSR count). The minimum Gasteiger partial charge on any atom is -0.309 e. The van der Waals surface area contributed by atoms with Crippen LogP contribution in [0.1, 0.15) is 0 Å². The first-order valence-corrected chi connectivity index (χ1v) is 22.1. The Balaban J connectivity index is 0.915. The standard InChI is InChI=1S/C58H36N4S/c1-3-13-38(14-4-1)50-36-51(39-15-5-2-6-16-39)60-58(59-50)62-53-21-11-8-18-45(53)48-34-42(26-31-55(48)62)41-25-30-54-47(33-41)44-17-7-10-20-52(44)61(54)43-28-23-37(24-29-43)40-27-32-57-49(35-40)46-19-9-12-22-56(46)63-57/h1-36H. The third-order valence-corrected chi connectivity index (χ3v) is 13.7. The summed E-state index contributed by atoms with van der Waals surface area (Å²) in [6.45, 7) is 0. The highest BCUT2D eigenvalue weighted by Gasteiger charge is 2.19. The van der Waals surface area contributed by atoms with Gasteiger partial charge in [-0.3, -0.25) is 4.57 Å². The minimum absolute atomic E-state index is 0.647. The second kappa shape index (κ2) is 14.2. The molecule has 4 nitrogen and oxygen atoms in total. The first kappa shape index (κ1) is 35.6. The number of para-hydroxylation sites is 2. The zero-order valence-corrected chi connectivity index (χ0v) is 34.8. The Morgan fingerprint density at radius 3 is 1.37 bits per heavy atom. The van der Waals surface area contributed by atoms with E-state index in [0.29, 0.717) is 5.95 Å². The Hall–Kier alpha value is -8.12. The lowest BCUT2D eigenvalue weighted by Crippen LogP contribution is -2.03. The first-order valence-electron chi connectivity index (χ1n) is 21.3. The lowest BCUT2D eigenvalue weighted by Gasteiger charge is -2.12. The van der Waals surface area contributed by atoms with Crippen LogP contribution in [-0.4, -0.2) is 19.1 Å². The SMILES string of the molecule is c1ccc(-c2cc(-c3ccccc3)nc(-n3c4ccccc4c4cc(-c5ccc6c(c5)c5ccccc5n6-c5ccc(-c6ccc7sc8ccccc8c7c6)cc5)ccc43)n2)cc1. The lowest BCUT2D eigenvalue weighted by molar-refractivity contribution is 0.995. The summed E-state index contributed by atoms with van der Waals surface area (Å²) in [4.78, 5) is 10.5. The second-order valence-corrected chi connectivity index (χ2v) is 17.3. The fraction of sp³-hybridized carbons (Fsp3) is 0. The number of benzene rings is 9. The number of aromatic nitrogens is 4. The fourth-order valence-corrected chi connectivity index (χ4v) is 10.6. The van der Waals surface area contributed by atoms with Crippen LogP contribution in [-0.2, 0) is 0 Å². The van der Waals surface area contributed by atoms with E-state index in [4.69, 9.17) is 9.97 Å². The molecule has 0 bridgehead atoms. The van der Waals surface area contributed by atoms with Crippen molar-refractivity contribution in [3.8, 4) is 56.4 Å². The molecule has 4 heterocycles. The highest BCUT2D eigenvalue weighted by atomic mass is 32.1. The molecule has 0 spiro atoms. The van der Waals surface area contributed by atoms with Gasteiger partial charge in [0.1, 0.15) is 0 Å². The van der Waals surface area contributed by atoms with Crippen molar-refractivity contribution < 1.29 is 0 Å². The molecule has 9 aromatic carbocycles. The maximum absolute atomic E-state index is 5.23. The molecule has 0 aliphatic carbocycles. The highest BCUT2D eigenvalue weighted by molar-refractivity contribution is 7.25. The van der Waals surface area contributed by atoms with Crippen molar-refractivity contribution in [2.24, 2.45) is 0 Å². The largest absolute Gasteiger partial charge is 0.309 e. The molecule has 0 unspecified atom stereocenters. The maximum atomic E-state index is 5.23. The van der Waals surface area contributed by atoms with Gasteiger partial charge >= 0.3 is 0 Å². The van der Waals surface area contributed by atoms with E-state index in [1.165, 1.54) is 58.7 Å². The van der Waals surface area contributed by atoms with Crippen molar-refractivity contribution in [3.05, 3.63) is 218 Å². The summed E-state index contributed by atoms with van der Waals surface area (Å²) in [5.41, 5.74) is 14.3. The lowest BCUT2D eigenvalue weighted by atomic mass is 10.0. The Labute approximate surface area is 367 Å². The molecular weight excluding hydrogens is 785 g/mol. The average molecular weight is 821 g/mol. The van der Waals surface area contributed by atoms with Crippen LogP contribution in [0.15, 0.2) is 218 Å². The van der Waals surface area contributed by atoms with Gasteiger partial charge in [0.15, 0.2) is 0 Å². The summed E-state index contributed by atoms with van der Waals surface area (Å²) >= 11 is 1.86. The summed E-state index contributed by atoms with van der Waals surface area (Å²) < 4.78 is 7.27. The van der Waals surface area contributed by atoms with Crippen LogP contribution in [0.3, 0.4) is 0 Å². The van der Waals surface area contributed by atoms with E-state index in [0.717, 1.165) is 55.6 Å². The molecule has 0 amide bonds. The normalized spacial score (nSPS) is 11.8. The van der Waals surface area contributed by atoms with Crippen LogP contribution >= 0.6 is 11.3 Å². The smallest absolute Gasteiger partial charge is 0.235 e. The molecule has 0 saturated heterocycles. The van der Waals surface area contributed by atoms with E-state index >= 15 is 0 Å². The van der Waals surface area contributed by atoms with Gasteiger partial charge in [-0.25, -0.2) is 9.97 Å². The fourth-order valence-electron chi connectivity index (χ4n) is 9.56. The summed E-state index contributed by atoms with van der Waals surface area (Å²) in [7, 11) is 0. The molecule has 13 aromatic rings. The van der Waals surface area contributed by atoms with Crippen molar-refractivity contribution in [2.75, 3.05) is 0 Å². The van der Waals surface area contributed by atoms with Gasteiger partial charge in [0, 0.05) is 58.5 Å². The summed E-state index contributed by atoms with van der Waals surface area (Å²) in [5, 5.41) is 7.42. The molecule has 0 saturated carbocycles. The molecule has 63 heavy (non-hydrogen) atoms. The maximum Gasteiger partial charge on any atom is 0.235 e. The molecule has 0 fully saturated rings. The summed E-state index contributed by atoms with van der Waals surface area (Å²) in [6.07, 6.45) is 0. The van der Waals surface area contributed by atoms with E-state index in [9.17, 15) is 0 Å². The van der Waals surface area contributed by atoms with Crippen molar-refractivity contribution in [1.82, 2.24) is 19.1 Å². The van der Waals surface area contributed by atoms with Gasteiger partial charge in [-0.2, -0.15) is 0 Å². The minimum atomic E-state index is 0.647. The first-order chi connectivity index (χ1) is 31.2. The third-order valence-electron chi connectivity index (χ3n) is 12.6. The van der Waals surface area contributed by atoms with Gasteiger partial charge in [-0.1, -0.05) is 146 Å². The Morgan fingerprint density at radius 2 is 0.730 bits per heavy atom. The molecule has 0 atom stereocenters. The van der Waals surface area contributed by atoms with E-state index < -0.39 is 0 Å². The summed E-state index contributed by atoms with van der Waals surface area (Å²) in [6, 6.07) is 78.5. The molecular formula is C58H36N4S. The monoisotopic (exact) mass is 820 g/mol. The molecule has 5 heteroatoms. The van der Waals surface area contributed by atoms with Gasteiger partial charge in [-0.15, -0.1) is 11.3 Å². The quantitative estimate of drug-likeness (QED) is 0.167. The van der Waals surface area contributed by atoms with Gasteiger partial charge in [0.05, 0.1) is 33.5 Å². The van der Waals surface area contributed by atoms with Crippen LogP contribution in [0.2, 0.25) is 0 Å². The van der Waals surface area contributed by atoms with Crippen LogP contribution in [0.4, 0.5) is 0 Å². The topological polar surface area (TPSA) is 35.6 Å². The van der Waals surface area contributed by atoms with Gasteiger partial charge in [0.25, 0.3) is 0 Å². The number of hydrogen-bond acceptors (Lipinski definition) is 3. The van der Waals surface area contributed by atoms with E-state index in [-0.39, 0.29) is 0 Å². The van der Waals surface area contributed by atoms with Crippen molar-refractivity contribution in [2.45, 2.75) is 0 Å². The molecule has 294 valence electrons. The van der Waals surface area contributed by atoms with Crippen LogP contribution in [0.5, 0.6) is 0 Å². The van der Waals surface area contributed by atoms with Gasteiger partial charge in [0.2, 0.25) is 5.95 Å². The zero-order chi connectivity index (χ0) is 41.4. The zero-order valence-electron chi connectivity index (χ0n) is 34.0. The Morgan fingerprint density at radius 1 is 0.286 bits per heavy atom. The number of nitrogens with zero attached hydrogens (tertiary/aromatic N) is 4. The van der Waals surface area contributed by atoms with Crippen molar-refractivity contribution in [3.63, 3.8) is 0 Å².